The van der Waals surface area contributed by atoms with Gasteiger partial charge in [0.15, 0.2) is 5.78 Å². The van der Waals surface area contributed by atoms with Crippen LogP contribution in [0.15, 0.2) is 12.1 Å². The average Bonchev–Trinajstić information content (AvgIpc) is 2.43. The van der Waals surface area contributed by atoms with Gasteiger partial charge in [0.1, 0.15) is 0 Å². The number of aliphatic hydroxyl groups is 1. The molecule has 1 atom stereocenters. The Morgan fingerprint density at radius 1 is 1.40 bits per heavy atom. The number of rotatable bonds is 1. The molecule has 15 heavy (non-hydrogen) atoms. The van der Waals surface area contributed by atoms with Crippen LogP contribution >= 0.6 is 0 Å². The van der Waals surface area contributed by atoms with E-state index in [2.05, 4.69) is 6.07 Å². The Morgan fingerprint density at radius 3 is 2.67 bits per heavy atom. The maximum absolute atomic E-state index is 12.1. The molecule has 0 saturated carbocycles. The van der Waals surface area contributed by atoms with Gasteiger partial charge in [0.25, 0.3) is 0 Å². The summed E-state index contributed by atoms with van der Waals surface area (Å²) >= 11 is 0. The van der Waals surface area contributed by atoms with Gasteiger partial charge in [0.2, 0.25) is 0 Å². The molecule has 80 valence electrons. The van der Waals surface area contributed by atoms with Gasteiger partial charge in [0.05, 0.1) is 12.0 Å². The number of hydrogen-bond acceptors (Lipinski definition) is 2. The summed E-state index contributed by atoms with van der Waals surface area (Å²) in [4.78, 5) is 12.1. The minimum absolute atomic E-state index is 0.0704. The summed E-state index contributed by atoms with van der Waals surface area (Å²) in [5, 5.41) is 9.31. The quantitative estimate of drug-likeness (QED) is 0.760. The van der Waals surface area contributed by atoms with Gasteiger partial charge in [-0.3, -0.25) is 4.79 Å². The van der Waals surface area contributed by atoms with Gasteiger partial charge in [-0.2, -0.15) is 0 Å². The van der Waals surface area contributed by atoms with Crippen molar-refractivity contribution in [1.29, 1.82) is 0 Å². The minimum Gasteiger partial charge on any atom is -0.395 e. The molecule has 0 aromatic heterocycles. The van der Waals surface area contributed by atoms with E-state index in [9.17, 15) is 9.90 Å². The molecule has 1 aromatic carbocycles. The molecule has 1 aliphatic carbocycles. The first-order chi connectivity index (χ1) is 6.98. The fraction of sp³-hybridized carbons (Fsp3) is 0.462. The van der Waals surface area contributed by atoms with Crippen LogP contribution in [0.3, 0.4) is 0 Å². The highest BCUT2D eigenvalue weighted by Crippen LogP contribution is 2.38. The molecule has 0 aliphatic heterocycles. The fourth-order valence-corrected chi connectivity index (χ4v) is 2.36. The molecule has 0 spiro atoms. The van der Waals surface area contributed by atoms with Crippen LogP contribution in [0.5, 0.6) is 0 Å². The summed E-state index contributed by atoms with van der Waals surface area (Å²) in [6, 6.07) is 4.03. The van der Waals surface area contributed by atoms with E-state index in [0.717, 1.165) is 22.3 Å². The van der Waals surface area contributed by atoms with E-state index < -0.39 is 5.41 Å². The zero-order chi connectivity index (χ0) is 11.2. The summed E-state index contributed by atoms with van der Waals surface area (Å²) in [5.74, 6) is 0.0896. The maximum atomic E-state index is 12.1. The Balaban J connectivity index is 2.59. The molecule has 2 rings (SSSR count). The normalized spacial score (nSPS) is 24.4. The van der Waals surface area contributed by atoms with E-state index >= 15 is 0 Å². The van der Waals surface area contributed by atoms with Crippen molar-refractivity contribution in [3.05, 3.63) is 34.4 Å². The summed E-state index contributed by atoms with van der Waals surface area (Å²) in [6.07, 6.45) is 0.670. The van der Waals surface area contributed by atoms with Gasteiger partial charge >= 0.3 is 0 Å². The third-order valence-electron chi connectivity index (χ3n) is 3.33. The smallest absolute Gasteiger partial charge is 0.171 e. The number of aliphatic hydroxyl groups excluding tert-OH is 1. The third kappa shape index (κ3) is 1.40. The van der Waals surface area contributed by atoms with Crippen LogP contribution in [0, 0.1) is 19.3 Å². The van der Waals surface area contributed by atoms with Crippen LogP contribution in [0.1, 0.15) is 34.0 Å². The molecule has 2 nitrogen and oxygen atoms in total. The predicted molar refractivity (Wildman–Crippen MR) is 59.1 cm³/mol. The Bertz CT molecular complexity index is 434. The Hall–Kier alpha value is -1.15. The van der Waals surface area contributed by atoms with Crippen molar-refractivity contribution < 1.29 is 9.90 Å². The van der Waals surface area contributed by atoms with Crippen LogP contribution in [-0.2, 0) is 6.42 Å². The number of ketones is 1. The van der Waals surface area contributed by atoms with Crippen molar-refractivity contribution in [2.75, 3.05) is 6.61 Å². The minimum atomic E-state index is -0.596. The second kappa shape index (κ2) is 3.17. The van der Waals surface area contributed by atoms with Crippen molar-refractivity contribution in [2.45, 2.75) is 27.2 Å². The van der Waals surface area contributed by atoms with Crippen LogP contribution in [-0.4, -0.2) is 17.5 Å². The van der Waals surface area contributed by atoms with Gasteiger partial charge < -0.3 is 5.11 Å². The van der Waals surface area contributed by atoms with Crippen molar-refractivity contribution in [1.82, 2.24) is 0 Å². The number of carbonyl (C=O) groups excluding carboxylic acids is 1. The standard InChI is InChI=1S/C13H16O2/c1-8-4-9(2)11-6-13(3,7-14)12(15)10(11)5-8/h4-5,14H,6-7H2,1-3H3. The van der Waals surface area contributed by atoms with Gasteiger partial charge in [0, 0.05) is 5.56 Å². The van der Waals surface area contributed by atoms with Crippen molar-refractivity contribution in [2.24, 2.45) is 5.41 Å². The van der Waals surface area contributed by atoms with Crippen LogP contribution < -0.4 is 0 Å². The zero-order valence-corrected chi connectivity index (χ0v) is 9.42. The van der Waals surface area contributed by atoms with Gasteiger partial charge in [-0.1, -0.05) is 11.6 Å². The monoisotopic (exact) mass is 204 g/mol. The lowest BCUT2D eigenvalue weighted by molar-refractivity contribution is 0.0722. The number of hydrogen-bond donors (Lipinski definition) is 1. The maximum Gasteiger partial charge on any atom is 0.171 e. The second-order valence-electron chi connectivity index (χ2n) is 4.83. The fourth-order valence-electron chi connectivity index (χ4n) is 2.36. The summed E-state index contributed by atoms with van der Waals surface area (Å²) in [6.45, 7) is 5.79. The van der Waals surface area contributed by atoms with Crippen molar-refractivity contribution >= 4 is 5.78 Å². The van der Waals surface area contributed by atoms with Crippen LogP contribution in [0.25, 0.3) is 0 Å². The summed E-state index contributed by atoms with van der Waals surface area (Å²) < 4.78 is 0. The van der Waals surface area contributed by atoms with E-state index in [0.29, 0.717) is 6.42 Å². The molecule has 0 saturated heterocycles. The number of benzene rings is 1. The molecule has 0 radical (unpaired) electrons. The highest BCUT2D eigenvalue weighted by atomic mass is 16.3. The molecule has 0 fully saturated rings. The highest BCUT2D eigenvalue weighted by Gasteiger charge is 2.41. The van der Waals surface area contributed by atoms with E-state index in [1.165, 1.54) is 0 Å². The van der Waals surface area contributed by atoms with Crippen LogP contribution in [0.2, 0.25) is 0 Å². The molecule has 1 N–H and O–H groups in total. The first kappa shape index (κ1) is 10.4. The van der Waals surface area contributed by atoms with E-state index in [1.54, 1.807) is 0 Å². The Labute approximate surface area is 89.9 Å². The summed E-state index contributed by atoms with van der Waals surface area (Å²) in [5.41, 5.74) is 3.60. The number of fused-ring (bicyclic) bond motifs is 1. The average molecular weight is 204 g/mol. The van der Waals surface area contributed by atoms with E-state index in [4.69, 9.17) is 0 Å². The van der Waals surface area contributed by atoms with Gasteiger partial charge in [-0.15, -0.1) is 0 Å². The van der Waals surface area contributed by atoms with E-state index in [-0.39, 0.29) is 12.4 Å². The zero-order valence-electron chi connectivity index (χ0n) is 9.42. The van der Waals surface area contributed by atoms with Crippen molar-refractivity contribution in [3.8, 4) is 0 Å². The second-order valence-corrected chi connectivity index (χ2v) is 4.83. The largest absolute Gasteiger partial charge is 0.395 e. The first-order valence-electron chi connectivity index (χ1n) is 5.24. The first-order valence-corrected chi connectivity index (χ1v) is 5.24. The molecule has 0 amide bonds. The highest BCUT2D eigenvalue weighted by molar-refractivity contribution is 6.05. The number of Topliss-reactive ketones (excluding diaryl/α,β-unsaturated/α-hetero) is 1. The molecule has 2 heteroatoms. The summed E-state index contributed by atoms with van der Waals surface area (Å²) in [7, 11) is 0. The molecule has 0 heterocycles. The lowest BCUT2D eigenvalue weighted by Gasteiger charge is -2.17. The Morgan fingerprint density at radius 2 is 2.07 bits per heavy atom. The van der Waals surface area contributed by atoms with Crippen molar-refractivity contribution in [3.63, 3.8) is 0 Å². The molecular formula is C13H16O2. The lowest BCUT2D eigenvalue weighted by atomic mass is 9.87. The number of aryl methyl sites for hydroxylation is 2. The predicted octanol–water partition coefficient (Wildman–Crippen LogP) is 2.04. The van der Waals surface area contributed by atoms with Gasteiger partial charge in [-0.25, -0.2) is 0 Å². The topological polar surface area (TPSA) is 37.3 Å². The van der Waals surface area contributed by atoms with E-state index in [1.807, 2.05) is 26.8 Å². The van der Waals surface area contributed by atoms with Gasteiger partial charge in [-0.05, 0) is 44.4 Å². The molecule has 1 unspecified atom stereocenters. The number of carbonyl (C=O) groups is 1. The Kier molecular flexibility index (Phi) is 2.19. The lowest BCUT2D eigenvalue weighted by Crippen LogP contribution is -2.28. The van der Waals surface area contributed by atoms with Crippen LogP contribution in [0.4, 0.5) is 0 Å². The third-order valence-corrected chi connectivity index (χ3v) is 3.33. The molecular weight excluding hydrogens is 188 g/mol. The molecule has 1 aliphatic rings. The SMILES string of the molecule is Cc1cc(C)c2c(c1)C(=O)C(C)(CO)C2. The molecule has 0 bridgehead atoms. The molecule has 1 aromatic rings.